The minimum atomic E-state index is -0.261. The third-order valence-electron chi connectivity index (χ3n) is 6.03. The first-order valence-corrected chi connectivity index (χ1v) is 12.1. The van der Waals surface area contributed by atoms with Gasteiger partial charge < -0.3 is 9.80 Å². The molecule has 1 aliphatic rings. The summed E-state index contributed by atoms with van der Waals surface area (Å²) >= 11 is 1.30. The van der Waals surface area contributed by atoms with E-state index in [1.807, 2.05) is 34.1 Å². The molecule has 0 bridgehead atoms. The topological polar surface area (TPSA) is 49.3 Å². The number of halogens is 1. The second kappa shape index (κ2) is 10.1. The number of benzene rings is 3. The van der Waals surface area contributed by atoms with Crippen molar-refractivity contribution >= 4 is 22.6 Å². The van der Waals surface area contributed by atoms with E-state index in [-0.39, 0.29) is 18.3 Å². The standard InChI is InChI=1S/C27H25FN4OS/c28-24-12-10-20(11-13-24)16-25-29-27(34-30-25)32(17-21-6-2-1-3-7-21)19-26(33)31-15-14-22-8-4-5-9-23(22)18-31/h1-13H,14-19H2. The molecule has 34 heavy (non-hydrogen) atoms. The number of carbonyl (C=O) groups is 1. The molecular formula is C27H25FN4OS. The summed E-state index contributed by atoms with van der Waals surface area (Å²) in [6.07, 6.45) is 1.40. The normalized spacial score (nSPS) is 12.9. The number of hydrogen-bond donors (Lipinski definition) is 0. The minimum Gasteiger partial charge on any atom is -0.336 e. The number of anilines is 1. The SMILES string of the molecule is O=C(CN(Cc1ccccc1)c1nc(Cc2ccc(F)cc2)ns1)N1CCc2ccccc2C1. The fraction of sp³-hybridized carbons (Fsp3) is 0.222. The summed E-state index contributed by atoms with van der Waals surface area (Å²) in [4.78, 5) is 22.0. The Morgan fingerprint density at radius 3 is 2.47 bits per heavy atom. The van der Waals surface area contributed by atoms with Gasteiger partial charge in [-0.3, -0.25) is 4.79 Å². The van der Waals surface area contributed by atoms with Crippen molar-refractivity contribution in [3.63, 3.8) is 0 Å². The third-order valence-corrected chi connectivity index (χ3v) is 6.84. The Morgan fingerprint density at radius 1 is 0.941 bits per heavy atom. The summed E-state index contributed by atoms with van der Waals surface area (Å²) in [7, 11) is 0. The molecule has 0 unspecified atom stereocenters. The second-order valence-electron chi connectivity index (χ2n) is 8.47. The second-order valence-corrected chi connectivity index (χ2v) is 9.20. The Hall–Kier alpha value is -3.58. The number of nitrogens with zero attached hydrogens (tertiary/aromatic N) is 4. The molecule has 3 aromatic carbocycles. The number of fused-ring (bicyclic) bond motifs is 1. The Kier molecular flexibility index (Phi) is 6.62. The van der Waals surface area contributed by atoms with Crippen LogP contribution in [-0.2, 0) is 30.7 Å². The van der Waals surface area contributed by atoms with Gasteiger partial charge >= 0.3 is 0 Å². The van der Waals surface area contributed by atoms with Gasteiger partial charge in [0.1, 0.15) is 11.6 Å². The van der Waals surface area contributed by atoms with Crippen molar-refractivity contribution in [2.45, 2.75) is 25.9 Å². The molecule has 2 heterocycles. The average molecular weight is 473 g/mol. The van der Waals surface area contributed by atoms with E-state index in [9.17, 15) is 9.18 Å². The molecule has 0 aliphatic carbocycles. The molecule has 172 valence electrons. The summed E-state index contributed by atoms with van der Waals surface area (Å²) in [5.74, 6) is 0.494. The summed E-state index contributed by atoms with van der Waals surface area (Å²) in [5.41, 5.74) is 4.59. The lowest BCUT2D eigenvalue weighted by molar-refractivity contribution is -0.130. The van der Waals surface area contributed by atoms with Gasteiger partial charge in [-0.05, 0) is 40.8 Å². The lowest BCUT2D eigenvalue weighted by Gasteiger charge is -2.31. The molecule has 7 heteroatoms. The maximum Gasteiger partial charge on any atom is 0.242 e. The smallest absolute Gasteiger partial charge is 0.242 e. The molecule has 4 aromatic rings. The van der Waals surface area contributed by atoms with Crippen LogP contribution < -0.4 is 4.90 Å². The third kappa shape index (κ3) is 5.31. The Balaban J connectivity index is 1.33. The fourth-order valence-corrected chi connectivity index (χ4v) is 4.88. The van der Waals surface area contributed by atoms with Crippen LogP contribution >= 0.6 is 11.5 Å². The minimum absolute atomic E-state index is 0.0840. The van der Waals surface area contributed by atoms with Crippen molar-refractivity contribution in [3.05, 3.63) is 113 Å². The zero-order chi connectivity index (χ0) is 23.3. The lowest BCUT2D eigenvalue weighted by Crippen LogP contribution is -2.42. The number of carbonyl (C=O) groups excluding carboxylic acids is 1. The highest BCUT2D eigenvalue weighted by Gasteiger charge is 2.24. The maximum absolute atomic E-state index is 13.3. The van der Waals surface area contributed by atoms with Crippen molar-refractivity contribution < 1.29 is 9.18 Å². The summed E-state index contributed by atoms with van der Waals surface area (Å²) in [6, 6.07) is 24.8. The molecule has 0 saturated carbocycles. The first-order valence-electron chi connectivity index (χ1n) is 11.3. The summed E-state index contributed by atoms with van der Waals surface area (Å²) in [5, 5.41) is 0.715. The molecule has 0 N–H and O–H groups in total. The quantitative estimate of drug-likeness (QED) is 0.386. The Bertz CT molecular complexity index is 1260. The van der Waals surface area contributed by atoms with E-state index in [1.54, 1.807) is 12.1 Å². The van der Waals surface area contributed by atoms with Crippen LogP contribution in [0.4, 0.5) is 9.52 Å². The zero-order valence-electron chi connectivity index (χ0n) is 18.7. The van der Waals surface area contributed by atoms with E-state index >= 15 is 0 Å². The van der Waals surface area contributed by atoms with Crippen molar-refractivity contribution in [2.24, 2.45) is 0 Å². The van der Waals surface area contributed by atoms with Crippen LogP contribution in [0.3, 0.4) is 0 Å². The van der Waals surface area contributed by atoms with E-state index < -0.39 is 0 Å². The zero-order valence-corrected chi connectivity index (χ0v) is 19.5. The van der Waals surface area contributed by atoms with E-state index in [4.69, 9.17) is 4.98 Å². The molecule has 0 spiro atoms. The Labute approximate surface area is 202 Å². The van der Waals surface area contributed by atoms with E-state index in [0.717, 1.165) is 24.1 Å². The number of rotatable bonds is 7. The van der Waals surface area contributed by atoms with Gasteiger partial charge in [-0.25, -0.2) is 9.37 Å². The largest absolute Gasteiger partial charge is 0.336 e. The van der Waals surface area contributed by atoms with Gasteiger partial charge in [0.15, 0.2) is 0 Å². The van der Waals surface area contributed by atoms with E-state index in [1.165, 1.54) is 34.8 Å². The number of aromatic nitrogens is 2. The average Bonchev–Trinajstić information content (AvgIpc) is 3.34. The molecular weight excluding hydrogens is 447 g/mol. The molecule has 5 rings (SSSR count). The first-order chi connectivity index (χ1) is 16.6. The molecule has 1 aliphatic heterocycles. The highest BCUT2D eigenvalue weighted by molar-refractivity contribution is 7.09. The van der Waals surface area contributed by atoms with E-state index in [2.05, 4.69) is 34.7 Å². The van der Waals surface area contributed by atoms with Crippen LogP contribution in [-0.4, -0.2) is 33.3 Å². The van der Waals surface area contributed by atoms with Crippen LogP contribution in [0.1, 0.15) is 28.1 Å². The fourth-order valence-electron chi connectivity index (χ4n) is 4.20. The van der Waals surface area contributed by atoms with Gasteiger partial charge in [0, 0.05) is 37.6 Å². The molecule has 1 aromatic heterocycles. The molecule has 0 saturated heterocycles. The van der Waals surface area contributed by atoms with Crippen molar-refractivity contribution in [3.8, 4) is 0 Å². The summed E-state index contributed by atoms with van der Waals surface area (Å²) in [6.45, 7) is 2.17. The van der Waals surface area contributed by atoms with Crippen LogP contribution in [0.15, 0.2) is 78.9 Å². The van der Waals surface area contributed by atoms with Crippen LogP contribution in [0.25, 0.3) is 0 Å². The van der Waals surface area contributed by atoms with Crippen molar-refractivity contribution in [2.75, 3.05) is 18.0 Å². The van der Waals surface area contributed by atoms with Crippen LogP contribution in [0, 0.1) is 5.82 Å². The van der Waals surface area contributed by atoms with Gasteiger partial charge in [-0.2, -0.15) is 4.37 Å². The molecule has 0 radical (unpaired) electrons. The summed E-state index contributed by atoms with van der Waals surface area (Å²) < 4.78 is 17.7. The van der Waals surface area contributed by atoms with E-state index in [0.29, 0.717) is 30.5 Å². The van der Waals surface area contributed by atoms with Gasteiger partial charge in [-0.1, -0.05) is 66.7 Å². The predicted octanol–water partition coefficient (Wildman–Crippen LogP) is 4.86. The van der Waals surface area contributed by atoms with Crippen LogP contribution in [0.5, 0.6) is 0 Å². The highest BCUT2D eigenvalue weighted by atomic mass is 32.1. The van der Waals surface area contributed by atoms with Gasteiger partial charge in [0.25, 0.3) is 0 Å². The monoisotopic (exact) mass is 472 g/mol. The van der Waals surface area contributed by atoms with Crippen molar-refractivity contribution in [1.29, 1.82) is 0 Å². The lowest BCUT2D eigenvalue weighted by atomic mass is 10.00. The number of amides is 1. The highest BCUT2D eigenvalue weighted by Crippen LogP contribution is 2.23. The maximum atomic E-state index is 13.3. The van der Waals surface area contributed by atoms with Crippen molar-refractivity contribution in [1.82, 2.24) is 14.3 Å². The van der Waals surface area contributed by atoms with Gasteiger partial charge in [0.2, 0.25) is 11.0 Å². The predicted molar refractivity (Wildman–Crippen MR) is 132 cm³/mol. The van der Waals surface area contributed by atoms with Gasteiger partial charge in [-0.15, -0.1) is 0 Å². The van der Waals surface area contributed by atoms with Crippen LogP contribution in [0.2, 0.25) is 0 Å². The molecule has 1 amide bonds. The molecule has 5 nitrogen and oxygen atoms in total. The van der Waals surface area contributed by atoms with Gasteiger partial charge in [0.05, 0.1) is 6.54 Å². The molecule has 0 atom stereocenters. The first kappa shape index (κ1) is 22.2. The number of hydrogen-bond acceptors (Lipinski definition) is 5. The molecule has 0 fully saturated rings. The Morgan fingerprint density at radius 2 is 1.68 bits per heavy atom.